The van der Waals surface area contributed by atoms with Gasteiger partial charge < -0.3 is 19.7 Å². The van der Waals surface area contributed by atoms with E-state index in [0.29, 0.717) is 41.3 Å². The molecule has 200 valence electrons. The molecule has 0 aliphatic carbocycles. The average Bonchev–Trinajstić information content (AvgIpc) is 2.86. The van der Waals surface area contributed by atoms with E-state index in [1.54, 1.807) is 23.0 Å². The van der Waals surface area contributed by atoms with Crippen LogP contribution in [0.4, 0.5) is 22.0 Å². The maximum absolute atomic E-state index is 14.9. The molecule has 37 heavy (non-hydrogen) atoms. The largest absolute Gasteiger partial charge is 0.490 e. The first-order valence-electron chi connectivity index (χ1n) is 11.7. The molecule has 0 amide bonds. The molecule has 3 heterocycles. The summed E-state index contributed by atoms with van der Waals surface area (Å²) in [5.41, 5.74) is 0.806. The van der Waals surface area contributed by atoms with E-state index in [0.717, 1.165) is 25.9 Å². The van der Waals surface area contributed by atoms with Crippen LogP contribution in [0.5, 0.6) is 5.75 Å². The molecule has 1 aromatic carbocycles. The van der Waals surface area contributed by atoms with Crippen LogP contribution in [-0.2, 0) is 11.3 Å². The van der Waals surface area contributed by atoms with Crippen molar-refractivity contribution in [3.63, 3.8) is 0 Å². The van der Waals surface area contributed by atoms with Crippen molar-refractivity contribution in [1.29, 1.82) is 0 Å². The number of nitrogens with zero attached hydrogens (tertiary/aromatic N) is 2. The van der Waals surface area contributed by atoms with Crippen molar-refractivity contribution >= 4 is 16.7 Å². The van der Waals surface area contributed by atoms with Crippen LogP contribution in [0.2, 0.25) is 0 Å². The Labute approximate surface area is 208 Å². The zero-order chi connectivity index (χ0) is 27.2. The van der Waals surface area contributed by atoms with E-state index in [1.807, 2.05) is 6.92 Å². The van der Waals surface area contributed by atoms with E-state index < -0.39 is 23.8 Å². The van der Waals surface area contributed by atoms with Crippen molar-refractivity contribution in [2.45, 2.75) is 51.4 Å². The van der Waals surface area contributed by atoms with Crippen molar-refractivity contribution < 1.29 is 36.6 Å². The van der Waals surface area contributed by atoms with Gasteiger partial charge in [-0.15, -0.1) is 0 Å². The van der Waals surface area contributed by atoms with Gasteiger partial charge in [-0.3, -0.25) is 9.78 Å². The normalized spacial score (nSPS) is 14.2. The van der Waals surface area contributed by atoms with Gasteiger partial charge in [-0.25, -0.2) is 13.6 Å². The van der Waals surface area contributed by atoms with Gasteiger partial charge in [0.05, 0.1) is 5.39 Å². The number of carboxylic acid groups (broad SMARTS) is 1. The number of hydrogen-bond donors (Lipinski definition) is 2. The fraction of sp³-hybridized carbons (Fsp3) is 0.400. The van der Waals surface area contributed by atoms with Crippen molar-refractivity contribution in [1.82, 2.24) is 14.9 Å². The number of halogens is 5. The maximum Gasteiger partial charge on any atom is 0.490 e. The highest BCUT2D eigenvalue weighted by atomic mass is 19.4. The number of piperidine rings is 1. The van der Waals surface area contributed by atoms with E-state index in [9.17, 15) is 26.7 Å². The Morgan fingerprint density at radius 1 is 1.19 bits per heavy atom. The number of aliphatic carboxylic acids is 1. The lowest BCUT2D eigenvalue weighted by Crippen LogP contribution is -2.34. The van der Waals surface area contributed by atoms with Gasteiger partial charge in [0.25, 0.3) is 5.56 Å². The van der Waals surface area contributed by atoms with E-state index in [4.69, 9.17) is 14.6 Å². The van der Waals surface area contributed by atoms with Gasteiger partial charge in [-0.05, 0) is 61.5 Å². The minimum atomic E-state index is -5.08. The standard InChI is InChI=1S/C23H25F2N3O2.C2HF3O2/c1-2-3-10-28-14-19(17-6-9-27-13-18(17)23(28)29)15-11-20(24)22(21(25)12-15)30-16-4-7-26-8-5-16;3-2(4,5)1(6)7/h6,9,11-14,16,26H,2-5,7-8,10H2,1H3;(H,6,7). The molecule has 1 aliphatic rings. The number of carbonyl (C=O) groups is 1. The number of rotatable bonds is 6. The summed E-state index contributed by atoms with van der Waals surface area (Å²) in [6.45, 7) is 4.12. The van der Waals surface area contributed by atoms with Crippen molar-refractivity contribution in [3.05, 3.63) is 58.8 Å². The Morgan fingerprint density at radius 2 is 1.81 bits per heavy atom. The summed E-state index contributed by atoms with van der Waals surface area (Å²) in [5.74, 6) is -4.57. The Balaban J connectivity index is 0.000000479. The van der Waals surface area contributed by atoms with E-state index in [2.05, 4.69) is 10.3 Å². The molecule has 0 unspecified atom stereocenters. The number of aromatic nitrogens is 2. The summed E-state index contributed by atoms with van der Waals surface area (Å²) in [5, 5.41) is 11.4. The fourth-order valence-electron chi connectivity index (χ4n) is 3.87. The van der Waals surface area contributed by atoms with E-state index in [1.165, 1.54) is 18.3 Å². The number of pyridine rings is 2. The minimum Gasteiger partial charge on any atom is -0.484 e. The molecule has 0 spiro atoms. The third-order valence-electron chi connectivity index (χ3n) is 5.76. The first kappa shape index (κ1) is 28.0. The number of benzene rings is 1. The number of nitrogens with one attached hydrogen (secondary N) is 1. The van der Waals surface area contributed by atoms with Crippen LogP contribution in [0, 0.1) is 11.6 Å². The molecule has 12 heteroatoms. The molecule has 1 aliphatic heterocycles. The number of carboxylic acids is 1. The second kappa shape index (κ2) is 12.1. The lowest BCUT2D eigenvalue weighted by atomic mass is 10.0. The second-order valence-corrected chi connectivity index (χ2v) is 8.46. The number of unbranched alkanes of at least 4 members (excludes halogenated alkanes) is 1. The SMILES string of the molecule is CCCCn1cc(-c2cc(F)c(OC3CCNCC3)c(F)c2)c2ccncc2c1=O.O=C(O)C(F)(F)F. The molecule has 2 N–H and O–H groups in total. The van der Waals surface area contributed by atoms with E-state index >= 15 is 0 Å². The highest BCUT2D eigenvalue weighted by Gasteiger charge is 2.38. The van der Waals surface area contributed by atoms with Crippen molar-refractivity contribution in [2.75, 3.05) is 13.1 Å². The van der Waals surface area contributed by atoms with Crippen LogP contribution in [0.1, 0.15) is 32.6 Å². The third kappa shape index (κ3) is 7.03. The monoisotopic (exact) mass is 527 g/mol. The number of fused-ring (bicyclic) bond motifs is 1. The van der Waals surface area contributed by atoms with Crippen LogP contribution in [0.3, 0.4) is 0 Å². The lowest BCUT2D eigenvalue weighted by Gasteiger charge is -2.24. The van der Waals surface area contributed by atoms with Crippen LogP contribution in [0.15, 0.2) is 41.6 Å². The molecule has 4 rings (SSSR count). The van der Waals surface area contributed by atoms with Gasteiger partial charge in [0.1, 0.15) is 6.10 Å². The van der Waals surface area contributed by atoms with Gasteiger partial charge in [0.2, 0.25) is 0 Å². The topological polar surface area (TPSA) is 93.5 Å². The highest BCUT2D eigenvalue weighted by Crippen LogP contribution is 2.33. The summed E-state index contributed by atoms with van der Waals surface area (Å²) in [4.78, 5) is 25.7. The quantitative estimate of drug-likeness (QED) is 0.443. The second-order valence-electron chi connectivity index (χ2n) is 8.46. The molecule has 0 saturated carbocycles. The molecule has 0 atom stereocenters. The molecule has 7 nitrogen and oxygen atoms in total. The number of ether oxygens (including phenoxy) is 1. The Hall–Kier alpha value is -3.54. The van der Waals surface area contributed by atoms with Gasteiger partial charge in [0, 0.05) is 30.7 Å². The molecule has 0 radical (unpaired) electrons. The molecule has 1 fully saturated rings. The predicted molar refractivity (Wildman–Crippen MR) is 126 cm³/mol. The smallest absolute Gasteiger partial charge is 0.484 e. The lowest BCUT2D eigenvalue weighted by molar-refractivity contribution is -0.192. The summed E-state index contributed by atoms with van der Waals surface area (Å²) in [6.07, 6.45) is 2.65. The molecular weight excluding hydrogens is 501 g/mol. The molecule has 2 aromatic heterocycles. The van der Waals surface area contributed by atoms with Crippen LogP contribution in [-0.4, -0.2) is 46.0 Å². The summed E-state index contributed by atoms with van der Waals surface area (Å²) in [7, 11) is 0. The highest BCUT2D eigenvalue weighted by molar-refractivity contribution is 5.95. The zero-order valence-corrected chi connectivity index (χ0v) is 19.9. The van der Waals surface area contributed by atoms with Gasteiger partial charge in [0.15, 0.2) is 17.4 Å². The zero-order valence-electron chi connectivity index (χ0n) is 19.9. The van der Waals surface area contributed by atoms with Crippen LogP contribution < -0.4 is 15.6 Å². The summed E-state index contributed by atoms with van der Waals surface area (Å²) in [6, 6.07) is 4.26. The first-order valence-corrected chi connectivity index (χ1v) is 11.7. The first-order chi connectivity index (χ1) is 17.5. The third-order valence-corrected chi connectivity index (χ3v) is 5.76. The van der Waals surface area contributed by atoms with E-state index in [-0.39, 0.29) is 17.4 Å². The average molecular weight is 527 g/mol. The van der Waals surface area contributed by atoms with Gasteiger partial charge in [-0.2, -0.15) is 13.2 Å². The fourth-order valence-corrected chi connectivity index (χ4v) is 3.87. The number of aryl methyl sites for hydroxylation is 1. The molecular formula is C25H26F5N3O4. The Kier molecular flexibility index (Phi) is 9.19. The van der Waals surface area contributed by atoms with Gasteiger partial charge >= 0.3 is 12.1 Å². The van der Waals surface area contributed by atoms with Crippen LogP contribution in [0.25, 0.3) is 21.9 Å². The summed E-state index contributed by atoms with van der Waals surface area (Å²) < 4.78 is 68.7. The molecule has 0 bridgehead atoms. The Morgan fingerprint density at radius 3 is 2.38 bits per heavy atom. The summed E-state index contributed by atoms with van der Waals surface area (Å²) >= 11 is 0. The predicted octanol–water partition coefficient (Wildman–Crippen LogP) is 4.91. The molecule has 3 aromatic rings. The number of hydrogen-bond acceptors (Lipinski definition) is 5. The van der Waals surface area contributed by atoms with Crippen molar-refractivity contribution in [3.8, 4) is 16.9 Å². The van der Waals surface area contributed by atoms with Crippen molar-refractivity contribution in [2.24, 2.45) is 0 Å². The Bertz CT molecular complexity index is 1280. The molecule has 1 saturated heterocycles. The minimum absolute atomic E-state index is 0.151. The maximum atomic E-state index is 14.9. The van der Waals surface area contributed by atoms with Gasteiger partial charge in [-0.1, -0.05) is 13.3 Å². The van der Waals surface area contributed by atoms with Crippen LogP contribution >= 0.6 is 0 Å². The number of alkyl halides is 3.